The maximum atomic E-state index is 12.3. The molecule has 1 rings (SSSR count). The first kappa shape index (κ1) is 23.4. The Kier molecular flexibility index (Phi) is 8.90. The van der Waals surface area contributed by atoms with Gasteiger partial charge in [-0.25, -0.2) is 4.79 Å². The second-order valence-electron chi connectivity index (χ2n) is 7.93. The highest BCUT2D eigenvalue weighted by molar-refractivity contribution is 5.95. The Labute approximate surface area is 169 Å². The molecule has 0 radical (unpaired) electrons. The zero-order valence-electron chi connectivity index (χ0n) is 17.9. The van der Waals surface area contributed by atoms with Crippen molar-refractivity contribution < 1.29 is 14.7 Å². The van der Waals surface area contributed by atoms with Crippen LogP contribution in [0, 0.1) is 5.41 Å². The molecule has 0 aromatic carbocycles. The maximum absolute atomic E-state index is 12.3. The van der Waals surface area contributed by atoms with Crippen molar-refractivity contribution in [1.29, 1.82) is 0 Å². The van der Waals surface area contributed by atoms with Crippen LogP contribution in [0.3, 0.4) is 0 Å². The molecule has 0 aromatic rings. The lowest BCUT2D eigenvalue weighted by Crippen LogP contribution is -2.28. The molecule has 4 heteroatoms. The number of hydrogen-bond acceptors (Lipinski definition) is 2. The van der Waals surface area contributed by atoms with Gasteiger partial charge in [0.1, 0.15) is 0 Å². The second kappa shape index (κ2) is 10.6. The van der Waals surface area contributed by atoms with E-state index in [-0.39, 0.29) is 11.3 Å². The molecule has 0 saturated heterocycles. The summed E-state index contributed by atoms with van der Waals surface area (Å²) in [6.07, 6.45) is 15.8. The molecule has 0 saturated carbocycles. The van der Waals surface area contributed by atoms with E-state index in [2.05, 4.69) is 37.4 Å². The van der Waals surface area contributed by atoms with Crippen molar-refractivity contribution in [2.24, 2.45) is 5.41 Å². The van der Waals surface area contributed by atoms with Crippen LogP contribution in [0.15, 0.2) is 70.4 Å². The minimum Gasteiger partial charge on any atom is -0.478 e. The largest absolute Gasteiger partial charge is 0.478 e. The number of carbonyl (C=O) groups excluding carboxylic acids is 1. The summed E-state index contributed by atoms with van der Waals surface area (Å²) in [6.45, 7) is 10.2. The molecule has 4 nitrogen and oxygen atoms in total. The van der Waals surface area contributed by atoms with Crippen LogP contribution in [0.25, 0.3) is 0 Å². The molecule has 0 spiro atoms. The molecule has 1 aliphatic rings. The molecule has 1 amide bonds. The Morgan fingerprint density at radius 2 is 1.68 bits per heavy atom. The van der Waals surface area contributed by atoms with E-state index < -0.39 is 5.97 Å². The summed E-state index contributed by atoms with van der Waals surface area (Å²) < 4.78 is 0. The van der Waals surface area contributed by atoms with Gasteiger partial charge >= 0.3 is 5.97 Å². The van der Waals surface area contributed by atoms with E-state index in [0.29, 0.717) is 5.57 Å². The zero-order chi connectivity index (χ0) is 21.3. The van der Waals surface area contributed by atoms with Crippen molar-refractivity contribution in [3.05, 3.63) is 70.4 Å². The van der Waals surface area contributed by atoms with Crippen LogP contribution >= 0.6 is 0 Å². The van der Waals surface area contributed by atoms with Crippen molar-refractivity contribution in [1.82, 2.24) is 5.32 Å². The fourth-order valence-corrected chi connectivity index (χ4v) is 3.36. The molecular weight excluding hydrogens is 350 g/mol. The molecular formula is C24H33NO3. The summed E-state index contributed by atoms with van der Waals surface area (Å²) in [5, 5.41) is 11.5. The van der Waals surface area contributed by atoms with E-state index in [0.717, 1.165) is 41.6 Å². The number of carbonyl (C=O) groups is 2. The summed E-state index contributed by atoms with van der Waals surface area (Å²) in [6, 6.07) is 0. The summed E-state index contributed by atoms with van der Waals surface area (Å²) in [7, 11) is 1.68. The van der Waals surface area contributed by atoms with E-state index in [1.165, 1.54) is 6.08 Å². The molecule has 0 heterocycles. The van der Waals surface area contributed by atoms with E-state index >= 15 is 0 Å². The number of nitrogens with one attached hydrogen (secondary N) is 1. The highest BCUT2D eigenvalue weighted by atomic mass is 16.4. The highest BCUT2D eigenvalue weighted by Crippen LogP contribution is 2.41. The van der Waals surface area contributed by atoms with Gasteiger partial charge in [0, 0.05) is 18.7 Å². The molecule has 0 bridgehead atoms. The quantitative estimate of drug-likeness (QED) is 0.464. The predicted molar refractivity (Wildman–Crippen MR) is 116 cm³/mol. The third-order valence-electron chi connectivity index (χ3n) is 4.82. The molecule has 0 aromatic heterocycles. The van der Waals surface area contributed by atoms with Crippen LogP contribution in [0.1, 0.15) is 53.9 Å². The standard InChI is InChI=1S/C24H33NO3/c1-17(9-7-10-18(2)16-22(26)27)15-19(3)12-13-21-20(23(28)25-6)11-8-14-24(21,4)5/h7,9-10,12-13,15-16H,8,11,14H2,1-6H3,(H,25,28)(H,26,27)/b10-7+,13-12+,17-9+,18-16+,19-15+. The van der Waals surface area contributed by atoms with E-state index in [4.69, 9.17) is 5.11 Å². The second-order valence-corrected chi connectivity index (χ2v) is 7.93. The molecule has 0 aliphatic heterocycles. The number of amides is 1. The van der Waals surface area contributed by atoms with E-state index in [9.17, 15) is 9.59 Å². The van der Waals surface area contributed by atoms with Crippen LogP contribution in [-0.2, 0) is 9.59 Å². The van der Waals surface area contributed by atoms with Crippen LogP contribution in [0.5, 0.6) is 0 Å². The highest BCUT2D eigenvalue weighted by Gasteiger charge is 2.30. The van der Waals surface area contributed by atoms with Crippen molar-refractivity contribution in [2.45, 2.75) is 53.9 Å². The van der Waals surface area contributed by atoms with Crippen molar-refractivity contribution in [3.8, 4) is 0 Å². The molecule has 0 atom stereocenters. The van der Waals surface area contributed by atoms with Crippen LogP contribution in [0.2, 0.25) is 0 Å². The Bertz CT molecular complexity index is 787. The Hall–Kier alpha value is -2.62. The first-order chi connectivity index (χ1) is 13.1. The zero-order valence-corrected chi connectivity index (χ0v) is 17.9. The lowest BCUT2D eigenvalue weighted by Gasteiger charge is -2.33. The fourth-order valence-electron chi connectivity index (χ4n) is 3.36. The number of carboxylic acid groups (broad SMARTS) is 1. The first-order valence-electron chi connectivity index (χ1n) is 9.65. The third kappa shape index (κ3) is 7.55. The fraction of sp³-hybridized carbons (Fsp3) is 0.417. The van der Waals surface area contributed by atoms with Crippen LogP contribution < -0.4 is 5.32 Å². The Morgan fingerprint density at radius 1 is 1.04 bits per heavy atom. The van der Waals surface area contributed by atoms with Gasteiger partial charge in [0.25, 0.3) is 0 Å². The van der Waals surface area contributed by atoms with Gasteiger partial charge in [0.15, 0.2) is 0 Å². The number of allylic oxidation sites excluding steroid dienone is 10. The summed E-state index contributed by atoms with van der Waals surface area (Å²) >= 11 is 0. The summed E-state index contributed by atoms with van der Waals surface area (Å²) in [4.78, 5) is 22.9. The van der Waals surface area contributed by atoms with Crippen LogP contribution in [-0.4, -0.2) is 24.0 Å². The van der Waals surface area contributed by atoms with Gasteiger partial charge in [0.05, 0.1) is 0 Å². The molecule has 0 fully saturated rings. The molecule has 152 valence electrons. The van der Waals surface area contributed by atoms with Gasteiger partial charge in [0.2, 0.25) is 5.91 Å². The SMILES string of the molecule is CNC(=O)C1=C(/C=C/C(C)=C/C(C)=C/C=C/C(C)=C/C(=O)O)C(C)(C)CCC1. The van der Waals surface area contributed by atoms with Crippen molar-refractivity contribution in [2.75, 3.05) is 7.05 Å². The lowest BCUT2D eigenvalue weighted by molar-refractivity contribution is -0.131. The molecule has 2 N–H and O–H groups in total. The maximum Gasteiger partial charge on any atom is 0.328 e. The number of aliphatic carboxylic acids is 1. The van der Waals surface area contributed by atoms with E-state index in [1.54, 1.807) is 20.0 Å². The normalized spacial score (nSPS) is 18.9. The van der Waals surface area contributed by atoms with E-state index in [1.807, 2.05) is 26.0 Å². The number of likely N-dealkylation sites (N-methyl/N-ethyl adjacent to an activating group) is 1. The Balaban J connectivity index is 3.01. The third-order valence-corrected chi connectivity index (χ3v) is 4.82. The summed E-state index contributed by atoms with van der Waals surface area (Å²) in [5.41, 5.74) is 4.82. The minimum atomic E-state index is -0.945. The predicted octanol–water partition coefficient (Wildman–Crippen LogP) is 5.28. The van der Waals surface area contributed by atoms with Gasteiger partial charge < -0.3 is 10.4 Å². The number of rotatable bonds is 7. The van der Waals surface area contributed by atoms with Crippen LogP contribution in [0.4, 0.5) is 0 Å². The monoisotopic (exact) mass is 383 g/mol. The van der Waals surface area contributed by atoms with Crippen molar-refractivity contribution >= 4 is 11.9 Å². The van der Waals surface area contributed by atoms with Crippen molar-refractivity contribution in [3.63, 3.8) is 0 Å². The van der Waals surface area contributed by atoms with Gasteiger partial charge in [-0.1, -0.05) is 61.4 Å². The first-order valence-corrected chi connectivity index (χ1v) is 9.65. The summed E-state index contributed by atoms with van der Waals surface area (Å²) in [5.74, 6) is -0.931. The van der Waals surface area contributed by atoms with Gasteiger partial charge in [-0.2, -0.15) is 0 Å². The lowest BCUT2D eigenvalue weighted by atomic mass is 9.72. The van der Waals surface area contributed by atoms with Gasteiger partial charge in [-0.05, 0) is 56.6 Å². The molecule has 28 heavy (non-hydrogen) atoms. The van der Waals surface area contributed by atoms with Gasteiger partial charge in [-0.15, -0.1) is 0 Å². The average molecular weight is 384 g/mol. The number of carboxylic acids is 1. The molecule has 1 aliphatic carbocycles. The Morgan fingerprint density at radius 3 is 2.29 bits per heavy atom. The smallest absolute Gasteiger partial charge is 0.328 e. The van der Waals surface area contributed by atoms with Gasteiger partial charge in [-0.3, -0.25) is 4.79 Å². The number of hydrogen-bond donors (Lipinski definition) is 2. The topological polar surface area (TPSA) is 66.4 Å². The average Bonchev–Trinajstić information content (AvgIpc) is 2.58. The minimum absolute atomic E-state index is 0.0139. The molecule has 0 unspecified atom stereocenters.